The molecule has 2 aromatic carbocycles. The van der Waals surface area contributed by atoms with Crippen LogP contribution in [-0.2, 0) is 12.8 Å². The number of aromatic nitrogens is 1. The number of hydrogen-bond donors (Lipinski definition) is 2. The van der Waals surface area contributed by atoms with Crippen molar-refractivity contribution in [1.82, 2.24) is 10.3 Å². The summed E-state index contributed by atoms with van der Waals surface area (Å²) in [5.41, 5.74) is 2.65. The minimum Gasteiger partial charge on any atom is -0.370 e. The van der Waals surface area contributed by atoms with E-state index in [9.17, 15) is 9.18 Å². The lowest BCUT2D eigenvalue weighted by Crippen LogP contribution is -2.25. The lowest BCUT2D eigenvalue weighted by Gasteiger charge is -2.09. The number of nitrogens with zero attached hydrogens (tertiary/aromatic N) is 1. The van der Waals surface area contributed by atoms with Crippen LogP contribution in [0.25, 0.3) is 0 Å². The molecule has 3 aromatic rings. The summed E-state index contributed by atoms with van der Waals surface area (Å²) in [7, 11) is 0. The van der Waals surface area contributed by atoms with Crippen LogP contribution in [0.4, 0.5) is 10.2 Å². The Morgan fingerprint density at radius 1 is 0.964 bits per heavy atom. The number of rotatable bonds is 8. The molecule has 0 unspecified atom stereocenters. The maximum Gasteiger partial charge on any atom is 0.251 e. The molecule has 144 valence electrons. The zero-order valence-corrected chi connectivity index (χ0v) is 16.0. The van der Waals surface area contributed by atoms with Crippen LogP contribution in [0.3, 0.4) is 0 Å². The topological polar surface area (TPSA) is 54.0 Å². The Bertz CT molecular complexity index is 931. The van der Waals surface area contributed by atoms with Gasteiger partial charge in [-0.25, -0.2) is 9.37 Å². The first-order valence-corrected chi connectivity index (χ1v) is 9.45. The van der Waals surface area contributed by atoms with E-state index in [1.54, 1.807) is 30.5 Å². The number of nitrogens with one attached hydrogen (secondary N) is 2. The largest absolute Gasteiger partial charge is 0.370 e. The molecule has 0 aliphatic rings. The van der Waals surface area contributed by atoms with Crippen molar-refractivity contribution in [1.29, 1.82) is 0 Å². The van der Waals surface area contributed by atoms with Gasteiger partial charge in [0.25, 0.3) is 5.91 Å². The van der Waals surface area contributed by atoms with Gasteiger partial charge in [0.1, 0.15) is 11.6 Å². The number of benzene rings is 2. The van der Waals surface area contributed by atoms with E-state index in [-0.39, 0.29) is 11.7 Å². The fourth-order valence-corrected chi connectivity index (χ4v) is 2.98. The van der Waals surface area contributed by atoms with E-state index < -0.39 is 0 Å². The van der Waals surface area contributed by atoms with Crippen LogP contribution in [0.1, 0.15) is 21.5 Å². The second kappa shape index (κ2) is 9.85. The molecule has 2 N–H and O–H groups in total. The first-order valence-electron chi connectivity index (χ1n) is 9.07. The zero-order valence-electron chi connectivity index (χ0n) is 15.3. The summed E-state index contributed by atoms with van der Waals surface area (Å²) < 4.78 is 12.9. The van der Waals surface area contributed by atoms with Crippen LogP contribution < -0.4 is 10.6 Å². The van der Waals surface area contributed by atoms with E-state index in [2.05, 4.69) is 15.6 Å². The smallest absolute Gasteiger partial charge is 0.251 e. The first-order chi connectivity index (χ1) is 13.6. The Balaban J connectivity index is 1.47. The van der Waals surface area contributed by atoms with E-state index in [1.807, 2.05) is 24.3 Å². The summed E-state index contributed by atoms with van der Waals surface area (Å²) in [6.07, 6.45) is 3.05. The van der Waals surface area contributed by atoms with Crippen molar-refractivity contribution in [3.63, 3.8) is 0 Å². The molecule has 0 aliphatic carbocycles. The second-order valence-corrected chi connectivity index (χ2v) is 6.81. The van der Waals surface area contributed by atoms with Crippen LogP contribution in [0.5, 0.6) is 0 Å². The number of hydrogen-bond acceptors (Lipinski definition) is 3. The first kappa shape index (κ1) is 19.8. The molecule has 0 saturated heterocycles. The van der Waals surface area contributed by atoms with Crippen LogP contribution in [0.15, 0.2) is 66.9 Å². The van der Waals surface area contributed by atoms with E-state index in [0.29, 0.717) is 35.9 Å². The SMILES string of the molecule is O=C(NCCc1cccc(Cl)c1)c1ccnc(NCCc2ccc(F)cc2)c1. The molecule has 0 bridgehead atoms. The predicted molar refractivity (Wildman–Crippen MR) is 110 cm³/mol. The van der Waals surface area contributed by atoms with Crippen LogP contribution in [0.2, 0.25) is 5.02 Å². The highest BCUT2D eigenvalue weighted by Gasteiger charge is 2.07. The lowest BCUT2D eigenvalue weighted by atomic mass is 10.1. The minimum absolute atomic E-state index is 0.147. The van der Waals surface area contributed by atoms with Gasteiger partial charge in [0.15, 0.2) is 0 Å². The summed E-state index contributed by atoms with van der Waals surface area (Å²) >= 11 is 5.97. The minimum atomic E-state index is -0.243. The summed E-state index contributed by atoms with van der Waals surface area (Å²) in [6, 6.07) is 17.4. The van der Waals surface area contributed by atoms with Crippen molar-refractivity contribution in [3.05, 3.63) is 94.4 Å². The van der Waals surface area contributed by atoms with E-state index in [0.717, 1.165) is 17.5 Å². The van der Waals surface area contributed by atoms with Gasteiger partial charge in [-0.05, 0) is 60.4 Å². The standard InChI is InChI=1S/C22H21ClFN3O/c23-19-3-1-2-17(14-19)9-12-27-22(28)18-10-13-26-21(15-18)25-11-8-16-4-6-20(24)7-5-16/h1-7,10,13-15H,8-9,11-12H2,(H,25,26)(H,27,28). The Morgan fingerprint density at radius 2 is 1.75 bits per heavy atom. The summed E-state index contributed by atoms with van der Waals surface area (Å²) in [6.45, 7) is 1.16. The number of carbonyl (C=O) groups excluding carboxylic acids is 1. The Kier molecular flexibility index (Phi) is 6.98. The maximum atomic E-state index is 12.9. The zero-order chi connectivity index (χ0) is 19.8. The molecular weight excluding hydrogens is 377 g/mol. The van der Waals surface area contributed by atoms with Crippen molar-refractivity contribution in [2.75, 3.05) is 18.4 Å². The molecule has 0 fully saturated rings. The molecule has 4 nitrogen and oxygen atoms in total. The third-order valence-electron chi connectivity index (χ3n) is 4.24. The third kappa shape index (κ3) is 6.06. The number of pyridine rings is 1. The number of carbonyl (C=O) groups is 1. The molecule has 1 aromatic heterocycles. The monoisotopic (exact) mass is 397 g/mol. The van der Waals surface area contributed by atoms with Gasteiger partial charge in [0, 0.05) is 29.9 Å². The van der Waals surface area contributed by atoms with Crippen LogP contribution >= 0.6 is 11.6 Å². The Morgan fingerprint density at radius 3 is 2.54 bits per heavy atom. The quantitative estimate of drug-likeness (QED) is 0.588. The number of anilines is 1. The van der Waals surface area contributed by atoms with Gasteiger partial charge < -0.3 is 10.6 Å². The third-order valence-corrected chi connectivity index (χ3v) is 4.48. The predicted octanol–water partition coefficient (Wildman–Crippen LogP) is 4.50. The van der Waals surface area contributed by atoms with Crippen LogP contribution in [-0.4, -0.2) is 24.0 Å². The fourth-order valence-electron chi connectivity index (χ4n) is 2.77. The fraction of sp³-hybridized carbons (Fsp3) is 0.182. The molecule has 1 heterocycles. The van der Waals surface area contributed by atoms with Crippen molar-refractivity contribution >= 4 is 23.3 Å². The molecule has 28 heavy (non-hydrogen) atoms. The van der Waals surface area contributed by atoms with Gasteiger partial charge in [0.05, 0.1) is 0 Å². The molecule has 0 aliphatic heterocycles. The molecule has 0 saturated carbocycles. The molecule has 1 amide bonds. The Labute approximate surface area is 168 Å². The highest BCUT2D eigenvalue weighted by molar-refractivity contribution is 6.30. The molecule has 0 atom stereocenters. The van der Waals surface area contributed by atoms with Gasteiger partial charge in [-0.2, -0.15) is 0 Å². The Hall–Kier alpha value is -2.92. The summed E-state index contributed by atoms with van der Waals surface area (Å²) in [5.74, 6) is 0.239. The highest BCUT2D eigenvalue weighted by Crippen LogP contribution is 2.11. The molecule has 3 rings (SSSR count). The second-order valence-electron chi connectivity index (χ2n) is 6.37. The normalized spacial score (nSPS) is 10.5. The molecule has 6 heteroatoms. The lowest BCUT2D eigenvalue weighted by molar-refractivity contribution is 0.0954. The van der Waals surface area contributed by atoms with Gasteiger partial charge in [-0.1, -0.05) is 35.9 Å². The number of amides is 1. The summed E-state index contributed by atoms with van der Waals surface area (Å²) in [5, 5.41) is 6.79. The highest BCUT2D eigenvalue weighted by atomic mass is 35.5. The van der Waals surface area contributed by atoms with Crippen molar-refractivity contribution in [2.45, 2.75) is 12.8 Å². The van der Waals surface area contributed by atoms with Crippen molar-refractivity contribution < 1.29 is 9.18 Å². The van der Waals surface area contributed by atoms with E-state index in [4.69, 9.17) is 11.6 Å². The van der Waals surface area contributed by atoms with Crippen molar-refractivity contribution in [3.8, 4) is 0 Å². The van der Waals surface area contributed by atoms with E-state index in [1.165, 1.54) is 12.1 Å². The average molecular weight is 398 g/mol. The van der Waals surface area contributed by atoms with Gasteiger partial charge in [-0.3, -0.25) is 4.79 Å². The molecular formula is C22H21ClFN3O. The maximum absolute atomic E-state index is 12.9. The van der Waals surface area contributed by atoms with E-state index >= 15 is 0 Å². The van der Waals surface area contributed by atoms with Crippen LogP contribution in [0, 0.1) is 5.82 Å². The van der Waals surface area contributed by atoms with Crippen molar-refractivity contribution in [2.24, 2.45) is 0 Å². The molecule has 0 spiro atoms. The van der Waals surface area contributed by atoms with Gasteiger partial charge >= 0.3 is 0 Å². The molecule has 0 radical (unpaired) electrons. The van der Waals surface area contributed by atoms with Gasteiger partial charge in [-0.15, -0.1) is 0 Å². The summed E-state index contributed by atoms with van der Waals surface area (Å²) in [4.78, 5) is 16.6. The average Bonchev–Trinajstić information content (AvgIpc) is 2.70. The van der Waals surface area contributed by atoms with Gasteiger partial charge in [0.2, 0.25) is 0 Å². The number of halogens is 2.